The van der Waals surface area contributed by atoms with Gasteiger partial charge in [-0.1, -0.05) is 184 Å². The van der Waals surface area contributed by atoms with Gasteiger partial charge < -0.3 is 19.3 Å². The molecule has 0 aliphatic carbocycles. The zero-order valence-electron chi connectivity index (χ0n) is 38.3. The van der Waals surface area contributed by atoms with Gasteiger partial charge in [0.25, 0.3) is 0 Å². The third-order valence-electron chi connectivity index (χ3n) is 12.1. The van der Waals surface area contributed by atoms with Crippen LogP contribution in [-0.2, 0) is 19.1 Å². The molecule has 0 unspecified atom stereocenters. The number of carbonyl (C=O) groups excluding carboxylic acids is 2. The van der Waals surface area contributed by atoms with Crippen LogP contribution in [0, 0.1) is 0 Å². The van der Waals surface area contributed by atoms with Gasteiger partial charge in [-0.2, -0.15) is 0 Å². The summed E-state index contributed by atoms with van der Waals surface area (Å²) in [6.07, 6.45) is 39.2. The molecule has 7 heteroatoms. The Hall–Kier alpha value is -1.18. The molecule has 0 radical (unpaired) electrons. The van der Waals surface area contributed by atoms with Crippen molar-refractivity contribution < 1.29 is 19.1 Å². The second kappa shape index (κ2) is 47.9. The van der Waals surface area contributed by atoms with Crippen molar-refractivity contribution >= 4 is 11.9 Å². The van der Waals surface area contributed by atoms with Crippen molar-refractivity contribution in [1.29, 1.82) is 0 Å². The lowest BCUT2D eigenvalue weighted by atomic mass is 10.0. The molecule has 59 heavy (non-hydrogen) atoms. The maximum Gasteiger partial charge on any atom is 0.306 e. The molecule has 0 aromatic heterocycles. The topological polar surface area (TPSA) is 62.3 Å². The molecular weight excluding hydrogens is 731 g/mol. The summed E-state index contributed by atoms with van der Waals surface area (Å²) in [7, 11) is 2.23. The van der Waals surface area contributed by atoms with E-state index in [-0.39, 0.29) is 40.3 Å². The summed E-state index contributed by atoms with van der Waals surface area (Å²) in [5.74, 6) is 0.0398. The molecule has 1 fully saturated rings. The fourth-order valence-corrected chi connectivity index (χ4v) is 8.09. The summed E-state index contributed by atoms with van der Waals surface area (Å²) < 4.78 is 11.6. The molecule has 1 aliphatic rings. The van der Waals surface area contributed by atoms with Crippen molar-refractivity contribution in [3.8, 4) is 0 Å². The van der Waals surface area contributed by atoms with E-state index in [4.69, 9.17) is 9.47 Å². The van der Waals surface area contributed by atoms with Crippen LogP contribution in [0.4, 0.5) is 0 Å². The maximum atomic E-state index is 12.8. The summed E-state index contributed by atoms with van der Waals surface area (Å²) in [4.78, 5) is 32.8. The third kappa shape index (κ3) is 41.9. The van der Waals surface area contributed by atoms with E-state index < -0.39 is 0 Å². The van der Waals surface area contributed by atoms with Crippen LogP contribution in [0.1, 0.15) is 255 Å². The maximum absolute atomic E-state index is 12.8. The monoisotopic (exact) mass is 840 g/mol. The summed E-state index contributed by atoms with van der Waals surface area (Å²) >= 11 is 0. The van der Waals surface area contributed by atoms with Crippen molar-refractivity contribution in [3.63, 3.8) is 0 Å². The van der Waals surface area contributed by atoms with Crippen molar-refractivity contribution in [3.05, 3.63) is 0 Å². The number of nitrogens with zero attached hydrogens (tertiary/aromatic N) is 3. The van der Waals surface area contributed by atoms with Crippen LogP contribution in [0.2, 0.25) is 0 Å². The van der Waals surface area contributed by atoms with E-state index >= 15 is 0 Å². The lowest BCUT2D eigenvalue weighted by Crippen LogP contribution is -2.47. The van der Waals surface area contributed by atoms with Gasteiger partial charge in [0, 0.05) is 52.1 Å². The lowest BCUT2D eigenvalue weighted by Gasteiger charge is -2.34. The van der Waals surface area contributed by atoms with Gasteiger partial charge in [0.2, 0.25) is 0 Å². The molecule has 7 nitrogen and oxygen atoms in total. The van der Waals surface area contributed by atoms with Crippen LogP contribution in [-0.4, -0.2) is 98.8 Å². The predicted molar refractivity (Wildman–Crippen MR) is 261 cm³/mol. The molecule has 0 saturated carbocycles. The smallest absolute Gasteiger partial charge is 0.306 e. The van der Waals surface area contributed by atoms with Crippen molar-refractivity contribution in [1.82, 2.24) is 14.7 Å². The Morgan fingerprint density at radius 2 is 0.864 bits per heavy atom. The summed E-state index contributed by atoms with van der Waals surface area (Å²) in [5, 5.41) is 0. The van der Waals surface area contributed by atoms with Crippen LogP contribution >= 0.6 is 0 Å². The molecule has 1 saturated heterocycles. The quantitative estimate of drug-likeness (QED) is 0.0448. The van der Waals surface area contributed by atoms with E-state index in [2.05, 4.69) is 42.5 Å². The van der Waals surface area contributed by atoms with Gasteiger partial charge in [-0.05, 0) is 77.9 Å². The molecule has 1 rings (SSSR count). The number of unbranched alkanes of at least 4 members (excludes halogenated alkanes) is 24. The standard InChI is InChI=1S/C49H97N3O4.3CH4/c1-5-8-11-14-17-26-33-46-55-48(53)36-29-22-18-24-31-38-51(44-45-52-42-40-50(4)41-43-52)39-32-25-19-23-30-37-49(54)56-47(34-27-20-15-12-9-6-2)35-28-21-16-13-10-7-3;;;/h47H,5-46H2,1-4H3;3*1H4. The summed E-state index contributed by atoms with van der Waals surface area (Å²) in [5.41, 5.74) is 0. The minimum Gasteiger partial charge on any atom is -0.466 e. The lowest BCUT2D eigenvalue weighted by molar-refractivity contribution is -0.150. The van der Waals surface area contributed by atoms with Gasteiger partial charge in [0.1, 0.15) is 6.10 Å². The molecule has 0 bridgehead atoms. The molecule has 0 atom stereocenters. The van der Waals surface area contributed by atoms with E-state index in [1.807, 2.05) is 0 Å². The molecule has 1 heterocycles. The summed E-state index contributed by atoms with van der Waals surface area (Å²) in [6.45, 7) is 16.8. The molecular formula is C52H109N3O4. The molecule has 356 valence electrons. The first-order valence-corrected chi connectivity index (χ1v) is 25.0. The molecule has 0 amide bonds. The Morgan fingerprint density at radius 3 is 1.34 bits per heavy atom. The van der Waals surface area contributed by atoms with Gasteiger partial charge in [0.05, 0.1) is 6.61 Å². The van der Waals surface area contributed by atoms with E-state index in [0.717, 1.165) is 44.9 Å². The number of likely N-dealkylation sites (N-methyl/N-ethyl adjacent to an activating group) is 1. The predicted octanol–water partition coefficient (Wildman–Crippen LogP) is 14.8. The zero-order chi connectivity index (χ0) is 40.6. The van der Waals surface area contributed by atoms with Crippen molar-refractivity contribution in [2.45, 2.75) is 261 Å². The minimum atomic E-state index is -0.00255. The van der Waals surface area contributed by atoms with Gasteiger partial charge in [-0.25, -0.2) is 0 Å². The summed E-state index contributed by atoms with van der Waals surface area (Å²) in [6, 6.07) is 0. The Balaban J connectivity index is -0.0000105. The number of hydrogen-bond acceptors (Lipinski definition) is 7. The molecule has 0 aromatic carbocycles. The normalized spacial score (nSPS) is 13.3. The highest BCUT2D eigenvalue weighted by Gasteiger charge is 2.16. The van der Waals surface area contributed by atoms with Crippen LogP contribution in [0.25, 0.3) is 0 Å². The Kier molecular flexibility index (Phi) is 50.4. The van der Waals surface area contributed by atoms with E-state index in [9.17, 15) is 9.59 Å². The van der Waals surface area contributed by atoms with E-state index in [1.54, 1.807) is 0 Å². The SMILES string of the molecule is C.C.C.CCCCCCCCCOC(=O)CCCCCCCN(CCCCCCCC(=O)OC(CCCCCCCC)CCCCCCCC)CCN1CCN(C)CC1. The largest absolute Gasteiger partial charge is 0.466 e. The number of esters is 2. The van der Waals surface area contributed by atoms with Crippen molar-refractivity contribution in [2.75, 3.05) is 66.0 Å². The minimum absolute atomic E-state index is 0. The van der Waals surface area contributed by atoms with Crippen LogP contribution in [0.15, 0.2) is 0 Å². The van der Waals surface area contributed by atoms with Crippen LogP contribution in [0.3, 0.4) is 0 Å². The Labute approximate surface area is 371 Å². The molecule has 0 N–H and O–H groups in total. The van der Waals surface area contributed by atoms with Gasteiger partial charge in [0.15, 0.2) is 0 Å². The van der Waals surface area contributed by atoms with Gasteiger partial charge in [-0.15, -0.1) is 0 Å². The van der Waals surface area contributed by atoms with Crippen LogP contribution in [0.5, 0.6) is 0 Å². The molecule has 1 aliphatic heterocycles. The highest BCUT2D eigenvalue weighted by atomic mass is 16.5. The number of piperazine rings is 1. The first-order chi connectivity index (χ1) is 27.5. The van der Waals surface area contributed by atoms with Crippen LogP contribution < -0.4 is 0 Å². The van der Waals surface area contributed by atoms with Crippen molar-refractivity contribution in [2.24, 2.45) is 0 Å². The number of rotatable bonds is 42. The van der Waals surface area contributed by atoms with E-state index in [1.165, 1.54) is 206 Å². The third-order valence-corrected chi connectivity index (χ3v) is 12.1. The Bertz CT molecular complexity index is 834. The molecule has 0 spiro atoms. The first kappa shape index (κ1) is 62.1. The fourth-order valence-electron chi connectivity index (χ4n) is 8.09. The Morgan fingerprint density at radius 1 is 0.475 bits per heavy atom. The number of hydrogen-bond donors (Lipinski definition) is 0. The average molecular weight is 840 g/mol. The number of carbonyl (C=O) groups is 2. The highest BCUT2D eigenvalue weighted by Crippen LogP contribution is 2.19. The van der Waals surface area contributed by atoms with Gasteiger partial charge in [-0.3, -0.25) is 14.5 Å². The van der Waals surface area contributed by atoms with E-state index in [0.29, 0.717) is 19.4 Å². The van der Waals surface area contributed by atoms with Gasteiger partial charge >= 0.3 is 11.9 Å². The zero-order valence-corrected chi connectivity index (χ0v) is 38.3. The highest BCUT2D eigenvalue weighted by molar-refractivity contribution is 5.69. The second-order valence-electron chi connectivity index (χ2n) is 17.6. The average Bonchev–Trinajstić information content (AvgIpc) is 3.19. The fraction of sp³-hybridized carbons (Fsp3) is 0.962. The second-order valence-corrected chi connectivity index (χ2v) is 17.6. The number of ether oxygens (including phenoxy) is 2. The first-order valence-electron chi connectivity index (χ1n) is 25.0. The molecule has 0 aromatic rings.